The van der Waals surface area contributed by atoms with Crippen molar-refractivity contribution in [1.82, 2.24) is 25.1 Å². The Labute approximate surface area is 190 Å². The number of halogens is 2. The summed E-state index contributed by atoms with van der Waals surface area (Å²) in [5, 5.41) is 18.0. The van der Waals surface area contributed by atoms with Crippen LogP contribution in [0.2, 0.25) is 0 Å². The maximum absolute atomic E-state index is 15.3. The van der Waals surface area contributed by atoms with E-state index in [-0.39, 0.29) is 35.0 Å². The lowest BCUT2D eigenvalue weighted by Gasteiger charge is -2.41. The summed E-state index contributed by atoms with van der Waals surface area (Å²) in [5.74, 6) is 0.0731. The second-order valence-corrected chi connectivity index (χ2v) is 9.45. The Morgan fingerprint density at radius 3 is 2.64 bits per heavy atom. The van der Waals surface area contributed by atoms with Gasteiger partial charge < -0.3 is 15.3 Å². The molecule has 0 unspecified atom stereocenters. The summed E-state index contributed by atoms with van der Waals surface area (Å²) in [5.41, 5.74) is 1.48. The quantitative estimate of drug-likeness (QED) is 0.616. The predicted octanol–water partition coefficient (Wildman–Crippen LogP) is 3.59. The summed E-state index contributed by atoms with van der Waals surface area (Å²) in [6.45, 7) is 0. The first-order chi connectivity index (χ1) is 16.0. The normalized spacial score (nSPS) is 26.5. The molecule has 1 aromatic carbocycles. The lowest BCUT2D eigenvalue weighted by atomic mass is 9.96. The van der Waals surface area contributed by atoms with Gasteiger partial charge in [0.05, 0.1) is 30.3 Å². The van der Waals surface area contributed by atoms with Crippen molar-refractivity contribution in [1.29, 1.82) is 0 Å². The molecule has 0 radical (unpaired) electrons. The van der Waals surface area contributed by atoms with Crippen molar-refractivity contribution in [2.45, 2.75) is 62.4 Å². The Bertz CT molecular complexity index is 1180. The van der Waals surface area contributed by atoms with Crippen molar-refractivity contribution >= 4 is 5.82 Å². The van der Waals surface area contributed by atoms with E-state index < -0.39 is 12.0 Å². The van der Waals surface area contributed by atoms with Gasteiger partial charge in [0.1, 0.15) is 23.6 Å². The van der Waals surface area contributed by atoms with E-state index in [9.17, 15) is 9.50 Å². The van der Waals surface area contributed by atoms with Crippen molar-refractivity contribution in [3.05, 3.63) is 42.7 Å². The predicted molar refractivity (Wildman–Crippen MR) is 120 cm³/mol. The molecule has 9 heteroatoms. The molecule has 2 saturated heterocycles. The first kappa shape index (κ1) is 20.5. The lowest BCUT2D eigenvalue weighted by Crippen LogP contribution is -2.57. The van der Waals surface area contributed by atoms with Crippen molar-refractivity contribution in [2.75, 3.05) is 4.90 Å². The van der Waals surface area contributed by atoms with Gasteiger partial charge in [0.25, 0.3) is 0 Å². The Hall–Kier alpha value is -3.07. The largest absolute Gasteiger partial charge is 0.507 e. The van der Waals surface area contributed by atoms with Crippen LogP contribution in [0, 0.1) is 5.82 Å². The molecular formula is C24H26F2N6O. The van der Waals surface area contributed by atoms with Crippen molar-refractivity contribution in [2.24, 2.45) is 7.05 Å². The standard InChI is InChI=1S/C24H26F2N6O/c1-31-12-13(9-29-31)16-8-22(33)17(7-18(16)25)20-10-28-23(11-27-20)32(15-3-4-15)21-6-14-2-5-19(30-14)24(21)26/h7-12,14-15,19,21,24,30,33H,2-6H2,1H3/t14-,19+,21-,24+/m0/s1. The number of nitrogens with zero attached hydrogens (tertiary/aromatic N) is 5. The zero-order valence-electron chi connectivity index (χ0n) is 18.3. The van der Waals surface area contributed by atoms with Gasteiger partial charge in [-0.15, -0.1) is 0 Å². The van der Waals surface area contributed by atoms with Crippen molar-refractivity contribution in [3.8, 4) is 28.1 Å². The van der Waals surface area contributed by atoms with E-state index in [1.807, 2.05) is 0 Å². The van der Waals surface area contributed by atoms with Crippen LogP contribution in [0.3, 0.4) is 0 Å². The van der Waals surface area contributed by atoms with E-state index in [0.29, 0.717) is 23.1 Å². The molecule has 3 aromatic rings. The number of fused-ring (bicyclic) bond motifs is 2. The highest BCUT2D eigenvalue weighted by Gasteiger charge is 2.48. The van der Waals surface area contributed by atoms with Crippen LogP contribution in [0.25, 0.3) is 22.4 Å². The van der Waals surface area contributed by atoms with Crippen LogP contribution in [-0.4, -0.2) is 55.2 Å². The number of anilines is 1. The van der Waals surface area contributed by atoms with Crippen molar-refractivity contribution in [3.63, 3.8) is 0 Å². The Morgan fingerprint density at radius 1 is 1.09 bits per heavy atom. The smallest absolute Gasteiger partial charge is 0.147 e. The molecule has 3 fully saturated rings. The van der Waals surface area contributed by atoms with E-state index in [2.05, 4.69) is 25.3 Å². The molecule has 1 aliphatic carbocycles. The first-order valence-electron chi connectivity index (χ1n) is 11.5. The maximum atomic E-state index is 15.3. The molecule has 33 heavy (non-hydrogen) atoms. The van der Waals surface area contributed by atoms with Crippen LogP contribution < -0.4 is 10.2 Å². The van der Waals surface area contributed by atoms with E-state index in [1.54, 1.807) is 30.3 Å². The third-order valence-electron chi connectivity index (χ3n) is 7.13. The first-order valence-corrected chi connectivity index (χ1v) is 11.5. The van der Waals surface area contributed by atoms with E-state index in [1.165, 1.54) is 18.3 Å². The molecule has 6 rings (SSSR count). The SMILES string of the molecule is Cn1cc(-c2cc(O)c(-c3cnc(N(C4CC4)[C@H]4C[C@@H]5CC[C@@H](N5)[C@H]4F)cn3)cc2F)cn1. The van der Waals surface area contributed by atoms with E-state index in [4.69, 9.17) is 0 Å². The number of phenols is 1. The molecular weight excluding hydrogens is 426 g/mol. The van der Waals surface area contributed by atoms with Crippen LogP contribution in [0.5, 0.6) is 5.75 Å². The van der Waals surface area contributed by atoms with Crippen molar-refractivity contribution < 1.29 is 13.9 Å². The number of rotatable bonds is 5. The number of phenolic OH excluding ortho intramolecular Hbond substituents is 1. The van der Waals surface area contributed by atoms with Crippen LogP contribution in [0.4, 0.5) is 14.6 Å². The topological polar surface area (TPSA) is 79.1 Å². The maximum Gasteiger partial charge on any atom is 0.147 e. The minimum atomic E-state index is -0.941. The summed E-state index contributed by atoms with van der Waals surface area (Å²) in [6, 6.07) is 3.00. The molecule has 7 nitrogen and oxygen atoms in total. The molecule has 172 valence electrons. The van der Waals surface area contributed by atoms with E-state index in [0.717, 1.165) is 32.1 Å². The van der Waals surface area contributed by atoms with Gasteiger partial charge in [0.2, 0.25) is 0 Å². The number of nitrogens with one attached hydrogen (secondary N) is 1. The number of aromatic hydroxyl groups is 1. The van der Waals surface area contributed by atoms with Gasteiger partial charge in [-0.1, -0.05) is 0 Å². The van der Waals surface area contributed by atoms with Gasteiger partial charge in [-0.2, -0.15) is 5.10 Å². The monoisotopic (exact) mass is 452 g/mol. The molecule has 2 aliphatic heterocycles. The molecule has 3 aliphatic rings. The minimum Gasteiger partial charge on any atom is -0.507 e. The van der Waals surface area contributed by atoms with Gasteiger partial charge in [-0.05, 0) is 44.2 Å². The molecule has 0 spiro atoms. The average molecular weight is 453 g/mol. The molecule has 2 N–H and O–H groups in total. The molecule has 1 saturated carbocycles. The Morgan fingerprint density at radius 2 is 1.94 bits per heavy atom. The molecule has 4 heterocycles. The third-order valence-corrected chi connectivity index (χ3v) is 7.13. The molecule has 0 amide bonds. The summed E-state index contributed by atoms with van der Waals surface area (Å²) >= 11 is 0. The van der Waals surface area contributed by atoms with Crippen LogP contribution in [-0.2, 0) is 7.05 Å². The zero-order valence-corrected chi connectivity index (χ0v) is 18.3. The highest BCUT2D eigenvalue weighted by atomic mass is 19.1. The van der Waals surface area contributed by atoms with Crippen LogP contribution in [0.15, 0.2) is 36.9 Å². The number of piperidine rings is 1. The van der Waals surface area contributed by atoms with E-state index >= 15 is 4.39 Å². The highest BCUT2D eigenvalue weighted by molar-refractivity contribution is 5.74. The van der Waals surface area contributed by atoms with Gasteiger partial charge in [-0.3, -0.25) is 9.67 Å². The second kappa shape index (κ2) is 7.76. The second-order valence-electron chi connectivity index (χ2n) is 9.45. The molecule has 2 aromatic heterocycles. The Balaban J connectivity index is 1.29. The summed E-state index contributed by atoms with van der Waals surface area (Å²) < 4.78 is 31.7. The van der Waals surface area contributed by atoms with Gasteiger partial charge in [-0.25, -0.2) is 13.8 Å². The van der Waals surface area contributed by atoms with Crippen LogP contribution in [0.1, 0.15) is 32.1 Å². The number of aromatic nitrogens is 4. The van der Waals surface area contributed by atoms with Gasteiger partial charge >= 0.3 is 0 Å². The third kappa shape index (κ3) is 3.64. The molecule has 2 bridgehead atoms. The lowest BCUT2D eigenvalue weighted by molar-refractivity contribution is 0.171. The fraction of sp³-hybridized carbons (Fsp3) is 0.458. The summed E-state index contributed by atoms with van der Waals surface area (Å²) in [4.78, 5) is 11.2. The van der Waals surface area contributed by atoms with Gasteiger partial charge in [0, 0.05) is 48.1 Å². The fourth-order valence-electron chi connectivity index (χ4n) is 5.37. The average Bonchev–Trinajstić information content (AvgIpc) is 3.41. The number of benzene rings is 1. The molecule has 4 atom stereocenters. The van der Waals surface area contributed by atoms with Crippen LogP contribution >= 0.6 is 0 Å². The summed E-state index contributed by atoms with van der Waals surface area (Å²) in [7, 11) is 1.75. The number of aryl methyl sites for hydroxylation is 1. The highest BCUT2D eigenvalue weighted by Crippen LogP contribution is 2.40. The fourth-order valence-corrected chi connectivity index (χ4v) is 5.37. The number of hydrogen-bond donors (Lipinski definition) is 2. The Kier molecular flexibility index (Phi) is 4.83. The summed E-state index contributed by atoms with van der Waals surface area (Å²) in [6.07, 6.45) is 10.2. The minimum absolute atomic E-state index is 0.0829. The number of hydrogen-bond acceptors (Lipinski definition) is 6. The zero-order chi connectivity index (χ0) is 22.7. The van der Waals surface area contributed by atoms with Gasteiger partial charge in [0.15, 0.2) is 0 Å². The number of alkyl halides is 1.